The van der Waals surface area contributed by atoms with Gasteiger partial charge >= 0.3 is 6.18 Å². The summed E-state index contributed by atoms with van der Waals surface area (Å²) in [5, 5.41) is 2.00. The van der Waals surface area contributed by atoms with E-state index in [9.17, 15) is 18.0 Å². The summed E-state index contributed by atoms with van der Waals surface area (Å²) in [6.45, 7) is 0. The number of rotatable bonds is 3. The van der Waals surface area contributed by atoms with Crippen LogP contribution in [-0.4, -0.2) is 5.91 Å². The van der Waals surface area contributed by atoms with Gasteiger partial charge in [-0.1, -0.05) is 23.7 Å². The number of hydrogen-bond acceptors (Lipinski definition) is 2. The van der Waals surface area contributed by atoms with E-state index >= 15 is 0 Å². The second kappa shape index (κ2) is 6.27. The molecule has 0 atom stereocenters. The first-order valence-electron chi connectivity index (χ1n) is 6.27. The predicted octanol–water partition coefficient (Wildman–Crippen LogP) is 4.12. The van der Waals surface area contributed by atoms with Gasteiger partial charge in [-0.15, -0.1) is 0 Å². The van der Waals surface area contributed by atoms with E-state index in [1.807, 2.05) is 0 Å². The number of hydrogen-bond donors (Lipinski definition) is 2. The van der Waals surface area contributed by atoms with E-state index in [4.69, 9.17) is 17.3 Å². The van der Waals surface area contributed by atoms with Crippen LogP contribution >= 0.6 is 11.6 Å². The van der Waals surface area contributed by atoms with Gasteiger partial charge in [-0.2, -0.15) is 13.2 Å². The second-order valence-corrected chi connectivity index (χ2v) is 5.07. The number of amides is 1. The molecule has 116 valence electrons. The highest BCUT2D eigenvalue weighted by Crippen LogP contribution is 2.36. The Morgan fingerprint density at radius 2 is 1.91 bits per heavy atom. The average Bonchev–Trinajstić information content (AvgIpc) is 2.39. The van der Waals surface area contributed by atoms with Crippen molar-refractivity contribution in [3.63, 3.8) is 0 Å². The Morgan fingerprint density at radius 1 is 1.18 bits per heavy atom. The Bertz CT molecular complexity index is 701. The number of halogens is 4. The lowest BCUT2D eigenvalue weighted by molar-refractivity contribution is -0.137. The topological polar surface area (TPSA) is 55.1 Å². The number of carbonyl (C=O) groups is 1. The Labute approximate surface area is 129 Å². The van der Waals surface area contributed by atoms with Crippen molar-refractivity contribution in [3.8, 4) is 0 Å². The fraction of sp³-hybridized carbons (Fsp3) is 0.133. The summed E-state index contributed by atoms with van der Waals surface area (Å²) in [4.78, 5) is 11.9. The van der Waals surface area contributed by atoms with Crippen LogP contribution < -0.4 is 11.1 Å². The van der Waals surface area contributed by atoms with Crippen molar-refractivity contribution in [1.29, 1.82) is 0 Å². The number of nitrogens with one attached hydrogen (secondary N) is 1. The maximum Gasteiger partial charge on any atom is 0.417 e. The van der Waals surface area contributed by atoms with E-state index in [1.165, 1.54) is 6.07 Å². The minimum atomic E-state index is -4.58. The number of nitrogen functional groups attached to an aromatic ring is 1. The predicted molar refractivity (Wildman–Crippen MR) is 79.6 cm³/mol. The average molecular weight is 329 g/mol. The summed E-state index contributed by atoms with van der Waals surface area (Å²) in [6.07, 6.45) is -4.57. The molecule has 0 aromatic heterocycles. The number of benzene rings is 2. The van der Waals surface area contributed by atoms with Crippen LogP contribution in [-0.2, 0) is 17.4 Å². The monoisotopic (exact) mass is 328 g/mol. The van der Waals surface area contributed by atoms with Gasteiger partial charge in [-0.05, 0) is 35.9 Å². The zero-order valence-corrected chi connectivity index (χ0v) is 12.0. The van der Waals surface area contributed by atoms with Gasteiger partial charge in [0.05, 0.1) is 17.0 Å². The van der Waals surface area contributed by atoms with Gasteiger partial charge in [-0.25, -0.2) is 0 Å². The Hall–Kier alpha value is -2.21. The molecule has 2 aromatic carbocycles. The fourth-order valence-corrected chi connectivity index (χ4v) is 2.14. The molecule has 0 fully saturated rings. The van der Waals surface area contributed by atoms with E-state index in [0.717, 1.165) is 12.1 Å². The lowest BCUT2D eigenvalue weighted by atomic mass is 10.1. The maximum atomic E-state index is 12.7. The quantitative estimate of drug-likeness (QED) is 0.833. The van der Waals surface area contributed by atoms with Gasteiger partial charge in [0.25, 0.3) is 0 Å². The van der Waals surface area contributed by atoms with E-state index in [0.29, 0.717) is 11.3 Å². The summed E-state index contributed by atoms with van der Waals surface area (Å²) >= 11 is 5.52. The van der Waals surface area contributed by atoms with Crippen LogP contribution in [0.2, 0.25) is 5.02 Å². The van der Waals surface area contributed by atoms with Gasteiger partial charge in [0.1, 0.15) is 0 Å². The minimum Gasteiger partial charge on any atom is -0.399 e. The van der Waals surface area contributed by atoms with Crippen molar-refractivity contribution in [2.24, 2.45) is 0 Å². The molecule has 3 nitrogen and oxygen atoms in total. The van der Waals surface area contributed by atoms with Gasteiger partial charge in [0.2, 0.25) is 5.91 Å². The Kier molecular flexibility index (Phi) is 4.61. The number of nitrogens with two attached hydrogens (primary N) is 1. The molecule has 0 aliphatic carbocycles. The Balaban J connectivity index is 2.12. The Morgan fingerprint density at radius 3 is 2.55 bits per heavy atom. The molecule has 2 rings (SSSR count). The van der Waals surface area contributed by atoms with Crippen molar-refractivity contribution in [3.05, 3.63) is 58.6 Å². The highest BCUT2D eigenvalue weighted by Gasteiger charge is 2.33. The second-order valence-electron chi connectivity index (χ2n) is 4.66. The molecule has 0 spiro atoms. The molecule has 0 radical (unpaired) electrons. The maximum absolute atomic E-state index is 12.7. The summed E-state index contributed by atoms with van der Waals surface area (Å²) < 4.78 is 38.2. The van der Waals surface area contributed by atoms with Crippen LogP contribution in [0.3, 0.4) is 0 Å². The molecule has 0 saturated carbocycles. The van der Waals surface area contributed by atoms with E-state index in [1.54, 1.807) is 24.3 Å². The molecule has 0 unspecified atom stereocenters. The first-order valence-corrected chi connectivity index (χ1v) is 6.64. The molecular formula is C15H12ClF3N2O. The number of anilines is 2. The summed E-state index contributed by atoms with van der Waals surface area (Å²) in [6, 6.07) is 9.93. The van der Waals surface area contributed by atoms with Crippen LogP contribution in [0.1, 0.15) is 11.1 Å². The molecule has 0 heterocycles. The van der Waals surface area contributed by atoms with Crippen LogP contribution in [0.4, 0.5) is 24.5 Å². The third kappa shape index (κ3) is 4.14. The normalized spacial score (nSPS) is 11.3. The summed E-state index contributed by atoms with van der Waals surface area (Å²) in [5.41, 5.74) is 5.82. The van der Waals surface area contributed by atoms with Gasteiger partial charge in [0.15, 0.2) is 0 Å². The number of carbonyl (C=O) groups excluding carboxylic acids is 1. The summed E-state index contributed by atoms with van der Waals surface area (Å²) in [7, 11) is 0. The standard InChI is InChI=1S/C15H12ClF3N2O/c16-13-5-4-11(8-12(13)15(17,18)19)21-14(22)7-9-2-1-3-10(20)6-9/h1-6,8H,7,20H2,(H,21,22). The van der Waals surface area contributed by atoms with Gasteiger partial charge < -0.3 is 11.1 Å². The molecule has 0 aliphatic heterocycles. The summed E-state index contributed by atoms with van der Waals surface area (Å²) in [5.74, 6) is -0.443. The van der Waals surface area contributed by atoms with Crippen molar-refractivity contribution < 1.29 is 18.0 Å². The first kappa shape index (κ1) is 16.2. The zero-order valence-electron chi connectivity index (χ0n) is 11.2. The van der Waals surface area contributed by atoms with Gasteiger partial charge in [-0.3, -0.25) is 4.79 Å². The molecule has 0 saturated heterocycles. The van der Waals surface area contributed by atoms with Crippen LogP contribution in [0.25, 0.3) is 0 Å². The lowest BCUT2D eigenvalue weighted by Gasteiger charge is -2.12. The third-order valence-corrected chi connectivity index (χ3v) is 3.20. The van der Waals surface area contributed by atoms with Crippen molar-refractivity contribution in [2.45, 2.75) is 12.6 Å². The van der Waals surface area contributed by atoms with Crippen molar-refractivity contribution >= 4 is 28.9 Å². The fourth-order valence-electron chi connectivity index (χ4n) is 1.91. The highest BCUT2D eigenvalue weighted by atomic mass is 35.5. The number of alkyl halides is 3. The van der Waals surface area contributed by atoms with Crippen molar-refractivity contribution in [2.75, 3.05) is 11.1 Å². The molecular weight excluding hydrogens is 317 g/mol. The first-order chi connectivity index (χ1) is 10.3. The molecule has 3 N–H and O–H groups in total. The van der Waals surface area contributed by atoms with Gasteiger partial charge in [0, 0.05) is 11.4 Å². The van der Waals surface area contributed by atoms with E-state index in [-0.39, 0.29) is 12.1 Å². The molecule has 2 aromatic rings. The van der Waals surface area contributed by atoms with Crippen LogP contribution in [0.5, 0.6) is 0 Å². The molecule has 0 bridgehead atoms. The minimum absolute atomic E-state index is 0.00895. The smallest absolute Gasteiger partial charge is 0.399 e. The molecule has 1 amide bonds. The van der Waals surface area contributed by atoms with Crippen LogP contribution in [0, 0.1) is 0 Å². The van der Waals surface area contributed by atoms with E-state index < -0.39 is 22.7 Å². The lowest BCUT2D eigenvalue weighted by Crippen LogP contribution is -2.15. The van der Waals surface area contributed by atoms with E-state index in [2.05, 4.69) is 5.32 Å². The highest BCUT2D eigenvalue weighted by molar-refractivity contribution is 6.31. The SMILES string of the molecule is Nc1cccc(CC(=O)Nc2ccc(Cl)c(C(F)(F)F)c2)c1. The molecule has 22 heavy (non-hydrogen) atoms. The zero-order chi connectivity index (χ0) is 16.3. The molecule has 0 aliphatic rings. The largest absolute Gasteiger partial charge is 0.417 e. The van der Waals surface area contributed by atoms with Crippen LogP contribution in [0.15, 0.2) is 42.5 Å². The molecule has 7 heteroatoms. The van der Waals surface area contributed by atoms with Crippen molar-refractivity contribution in [1.82, 2.24) is 0 Å². The third-order valence-electron chi connectivity index (χ3n) is 2.87.